The molecular weight excluding hydrogens is 317 g/mol. The molecule has 0 unspecified atom stereocenters. The Kier molecular flexibility index (Phi) is 5.87. The molecule has 0 aliphatic carbocycles. The van der Waals surface area contributed by atoms with Crippen LogP contribution in [0.3, 0.4) is 0 Å². The van der Waals surface area contributed by atoms with Crippen LogP contribution in [-0.2, 0) is 9.53 Å². The van der Waals surface area contributed by atoms with E-state index >= 15 is 0 Å². The predicted molar refractivity (Wildman–Crippen MR) is 80.2 cm³/mol. The quantitative estimate of drug-likeness (QED) is 0.390. The van der Waals surface area contributed by atoms with E-state index in [0.717, 1.165) is 0 Å². The Morgan fingerprint density at radius 1 is 1.38 bits per heavy atom. The van der Waals surface area contributed by atoms with E-state index in [4.69, 9.17) is 33.5 Å². The minimum Gasteiger partial charge on any atom is -0.460 e. The van der Waals surface area contributed by atoms with E-state index in [2.05, 4.69) is 10.0 Å². The molecule has 114 valence electrons. The Hall–Kier alpha value is -1.46. The molecule has 0 saturated heterocycles. The van der Waals surface area contributed by atoms with Gasteiger partial charge < -0.3 is 9.84 Å². The molecule has 2 atom stereocenters. The van der Waals surface area contributed by atoms with Crippen molar-refractivity contribution >= 4 is 29.2 Å². The van der Waals surface area contributed by atoms with Crippen molar-refractivity contribution in [3.05, 3.63) is 44.3 Å². The van der Waals surface area contributed by atoms with Crippen LogP contribution in [0.5, 0.6) is 0 Å². The summed E-state index contributed by atoms with van der Waals surface area (Å²) >= 11 is 12.0. The van der Waals surface area contributed by atoms with Crippen LogP contribution in [0.1, 0.15) is 32.4 Å². The molecule has 1 rings (SSSR count). The van der Waals surface area contributed by atoms with Crippen molar-refractivity contribution in [2.75, 3.05) is 0 Å². The van der Waals surface area contributed by atoms with E-state index in [1.807, 2.05) is 0 Å². The Labute approximate surface area is 132 Å². The molecule has 0 amide bonds. The first-order chi connectivity index (χ1) is 9.67. The smallest absolute Gasteiger partial charge is 0.318 e. The summed E-state index contributed by atoms with van der Waals surface area (Å²) in [6.45, 7) is 4.98. The summed E-state index contributed by atoms with van der Waals surface area (Å²) in [5.74, 6) is -0.858. The standard InChI is InChI=1S/C13H15Cl2N3O3/c1-13(2,3)21-12(20)10(17-18-16)11(19)9-7(14)5-4-6-8(9)15/h4-6,10-11,19H,1-3H3/t10-,11-/m1/s1. The first kappa shape index (κ1) is 17.6. The van der Waals surface area contributed by atoms with Crippen LogP contribution in [0.25, 0.3) is 10.4 Å². The summed E-state index contributed by atoms with van der Waals surface area (Å²) in [4.78, 5) is 14.6. The summed E-state index contributed by atoms with van der Waals surface area (Å²) in [7, 11) is 0. The van der Waals surface area contributed by atoms with Crippen molar-refractivity contribution in [2.24, 2.45) is 5.11 Å². The van der Waals surface area contributed by atoms with E-state index in [0.29, 0.717) is 0 Å². The molecule has 0 aromatic heterocycles. The van der Waals surface area contributed by atoms with Gasteiger partial charge in [0.15, 0.2) is 6.04 Å². The molecule has 8 heteroatoms. The maximum atomic E-state index is 12.1. The average Bonchev–Trinajstić information content (AvgIpc) is 2.33. The number of azide groups is 1. The molecule has 1 N–H and O–H groups in total. The first-order valence-electron chi connectivity index (χ1n) is 6.06. The van der Waals surface area contributed by atoms with Crippen LogP contribution in [-0.4, -0.2) is 22.7 Å². The number of aliphatic hydroxyl groups excluding tert-OH is 1. The maximum absolute atomic E-state index is 12.1. The number of esters is 1. The molecule has 0 radical (unpaired) electrons. The lowest BCUT2D eigenvalue weighted by molar-refractivity contribution is -0.159. The molecule has 0 spiro atoms. The van der Waals surface area contributed by atoms with Crippen LogP contribution < -0.4 is 0 Å². The molecule has 0 aliphatic heterocycles. The lowest BCUT2D eigenvalue weighted by Crippen LogP contribution is -2.34. The van der Waals surface area contributed by atoms with Crippen LogP contribution in [0, 0.1) is 0 Å². The number of hydrogen-bond donors (Lipinski definition) is 1. The number of rotatable bonds is 4. The SMILES string of the molecule is CC(C)(C)OC(=O)[C@H](N=[N+]=[N-])[C@H](O)c1c(Cl)cccc1Cl. The van der Waals surface area contributed by atoms with Gasteiger partial charge in [0, 0.05) is 20.5 Å². The van der Waals surface area contributed by atoms with Crippen LogP contribution in [0.2, 0.25) is 10.0 Å². The fourth-order valence-corrected chi connectivity index (χ4v) is 2.23. The second-order valence-corrected chi connectivity index (χ2v) is 6.08. The molecule has 0 heterocycles. The zero-order valence-electron chi connectivity index (χ0n) is 11.7. The van der Waals surface area contributed by atoms with Crippen LogP contribution in [0.15, 0.2) is 23.3 Å². The number of aliphatic hydroxyl groups is 1. The maximum Gasteiger partial charge on any atom is 0.318 e. The molecule has 0 saturated carbocycles. The minimum atomic E-state index is -1.50. The normalized spacial score (nSPS) is 14.0. The fraction of sp³-hybridized carbons (Fsp3) is 0.462. The second-order valence-electron chi connectivity index (χ2n) is 5.26. The van der Waals surface area contributed by atoms with E-state index in [-0.39, 0.29) is 15.6 Å². The fourth-order valence-electron chi connectivity index (χ4n) is 1.61. The van der Waals surface area contributed by atoms with Crippen molar-refractivity contribution in [1.82, 2.24) is 0 Å². The van der Waals surface area contributed by atoms with Crippen molar-refractivity contribution in [3.8, 4) is 0 Å². The van der Waals surface area contributed by atoms with Gasteiger partial charge in [-0.15, -0.1) is 0 Å². The highest BCUT2D eigenvalue weighted by atomic mass is 35.5. The third kappa shape index (κ3) is 4.79. The molecule has 6 nitrogen and oxygen atoms in total. The highest BCUT2D eigenvalue weighted by Gasteiger charge is 2.33. The zero-order chi connectivity index (χ0) is 16.2. The topological polar surface area (TPSA) is 95.3 Å². The summed E-state index contributed by atoms with van der Waals surface area (Å²) in [5.41, 5.74) is 7.92. The van der Waals surface area contributed by atoms with Crippen molar-refractivity contribution in [3.63, 3.8) is 0 Å². The number of halogens is 2. The molecular formula is C13H15Cl2N3O3. The summed E-state index contributed by atoms with van der Waals surface area (Å²) in [6, 6.07) is 3.13. The second kappa shape index (κ2) is 7.00. The van der Waals surface area contributed by atoms with Crippen molar-refractivity contribution in [1.29, 1.82) is 0 Å². The van der Waals surface area contributed by atoms with E-state index < -0.39 is 23.7 Å². The predicted octanol–water partition coefficient (Wildman–Crippen LogP) is 4.05. The van der Waals surface area contributed by atoms with E-state index in [1.165, 1.54) is 12.1 Å². The summed E-state index contributed by atoms with van der Waals surface area (Å²) in [6.07, 6.45) is -1.50. The zero-order valence-corrected chi connectivity index (χ0v) is 13.3. The average molecular weight is 332 g/mol. The van der Waals surface area contributed by atoms with Crippen LogP contribution in [0.4, 0.5) is 0 Å². The summed E-state index contributed by atoms with van der Waals surface area (Å²) < 4.78 is 5.12. The Morgan fingerprint density at radius 2 is 1.90 bits per heavy atom. The van der Waals surface area contributed by atoms with Gasteiger partial charge in [0.2, 0.25) is 0 Å². The third-order valence-corrected chi connectivity index (χ3v) is 3.08. The summed E-state index contributed by atoms with van der Waals surface area (Å²) in [5, 5.41) is 13.9. The Balaban J connectivity index is 3.17. The number of ether oxygens (including phenoxy) is 1. The number of nitrogens with zero attached hydrogens (tertiary/aromatic N) is 3. The van der Waals surface area contributed by atoms with Gasteiger partial charge in [-0.05, 0) is 38.4 Å². The van der Waals surface area contributed by atoms with E-state index in [1.54, 1.807) is 26.8 Å². The van der Waals surface area contributed by atoms with Gasteiger partial charge in [-0.1, -0.05) is 34.4 Å². The lowest BCUT2D eigenvalue weighted by atomic mass is 10.0. The molecule has 21 heavy (non-hydrogen) atoms. The highest BCUT2D eigenvalue weighted by molar-refractivity contribution is 6.36. The van der Waals surface area contributed by atoms with Gasteiger partial charge in [-0.25, -0.2) is 0 Å². The molecule has 1 aromatic carbocycles. The molecule has 0 fully saturated rings. The third-order valence-electron chi connectivity index (χ3n) is 2.42. The van der Waals surface area contributed by atoms with Gasteiger partial charge in [0.1, 0.15) is 11.7 Å². The Morgan fingerprint density at radius 3 is 2.33 bits per heavy atom. The van der Waals surface area contributed by atoms with Crippen molar-refractivity contribution < 1.29 is 14.6 Å². The van der Waals surface area contributed by atoms with Gasteiger partial charge in [-0.2, -0.15) is 0 Å². The molecule has 1 aromatic rings. The molecule has 0 aliphatic rings. The minimum absolute atomic E-state index is 0.115. The number of hydrogen-bond acceptors (Lipinski definition) is 4. The number of carbonyl (C=O) groups is 1. The van der Waals surface area contributed by atoms with Gasteiger partial charge in [-0.3, -0.25) is 4.79 Å². The molecule has 0 bridgehead atoms. The monoisotopic (exact) mass is 331 g/mol. The highest BCUT2D eigenvalue weighted by Crippen LogP contribution is 2.33. The van der Waals surface area contributed by atoms with Gasteiger partial charge in [0.05, 0.1) is 0 Å². The van der Waals surface area contributed by atoms with E-state index in [9.17, 15) is 9.90 Å². The van der Waals surface area contributed by atoms with Gasteiger partial charge >= 0.3 is 5.97 Å². The number of benzene rings is 1. The number of carbonyl (C=O) groups excluding carboxylic acids is 1. The first-order valence-corrected chi connectivity index (χ1v) is 6.82. The largest absolute Gasteiger partial charge is 0.460 e. The van der Waals surface area contributed by atoms with Crippen molar-refractivity contribution in [2.45, 2.75) is 38.5 Å². The van der Waals surface area contributed by atoms with Gasteiger partial charge in [0.25, 0.3) is 0 Å². The van der Waals surface area contributed by atoms with Crippen LogP contribution >= 0.6 is 23.2 Å². The lowest BCUT2D eigenvalue weighted by Gasteiger charge is -2.25. The Bertz CT molecular complexity index is 560.